The van der Waals surface area contributed by atoms with Crippen LogP contribution in [-0.2, 0) is 11.3 Å². The number of rotatable bonds is 6. The molecule has 0 saturated carbocycles. The van der Waals surface area contributed by atoms with Gasteiger partial charge in [-0.1, -0.05) is 37.3 Å². The van der Waals surface area contributed by atoms with Crippen LogP contribution in [0.4, 0.5) is 5.13 Å². The summed E-state index contributed by atoms with van der Waals surface area (Å²) in [5.41, 5.74) is 1.05. The molecule has 7 nitrogen and oxygen atoms in total. The zero-order valence-electron chi connectivity index (χ0n) is 13.5. The van der Waals surface area contributed by atoms with E-state index in [4.69, 9.17) is 4.42 Å². The Morgan fingerprint density at radius 3 is 2.79 bits per heavy atom. The molecule has 0 saturated heterocycles. The van der Waals surface area contributed by atoms with Crippen LogP contribution in [0.25, 0.3) is 11.1 Å². The first-order valence-electron chi connectivity index (χ1n) is 7.84. The van der Waals surface area contributed by atoms with E-state index in [1.165, 1.54) is 15.9 Å². The number of anilines is 1. The van der Waals surface area contributed by atoms with Crippen molar-refractivity contribution in [2.45, 2.75) is 39.2 Å². The van der Waals surface area contributed by atoms with Gasteiger partial charge in [-0.25, -0.2) is 4.79 Å². The van der Waals surface area contributed by atoms with Crippen molar-refractivity contribution < 1.29 is 9.21 Å². The number of carbonyl (C=O) groups is 1. The summed E-state index contributed by atoms with van der Waals surface area (Å²) in [6.07, 6.45) is 1.96. The Hall–Kier alpha value is -2.48. The predicted molar refractivity (Wildman–Crippen MR) is 92.3 cm³/mol. The van der Waals surface area contributed by atoms with Crippen molar-refractivity contribution in [1.82, 2.24) is 14.8 Å². The largest absolute Gasteiger partial charge is 0.420 e. The maximum absolute atomic E-state index is 12.2. The molecule has 1 aromatic carbocycles. The number of nitrogens with one attached hydrogen (secondary N) is 1. The van der Waals surface area contributed by atoms with E-state index >= 15 is 0 Å². The van der Waals surface area contributed by atoms with Gasteiger partial charge in [0.15, 0.2) is 5.58 Å². The van der Waals surface area contributed by atoms with Crippen LogP contribution < -0.4 is 11.1 Å². The second-order valence-electron chi connectivity index (χ2n) is 5.43. The van der Waals surface area contributed by atoms with Crippen molar-refractivity contribution in [2.75, 3.05) is 5.32 Å². The molecular weight excluding hydrogens is 328 g/mol. The third-order valence-corrected chi connectivity index (χ3v) is 4.90. The molecule has 1 N–H and O–H groups in total. The number of carbonyl (C=O) groups excluding carboxylic acids is 1. The number of amides is 1. The normalized spacial score (nSPS) is 11.3. The Balaban J connectivity index is 1.74. The average molecular weight is 346 g/mol. The minimum absolute atomic E-state index is 0.129. The first kappa shape index (κ1) is 16.4. The molecule has 3 rings (SSSR count). The van der Waals surface area contributed by atoms with E-state index in [1.54, 1.807) is 24.3 Å². The zero-order chi connectivity index (χ0) is 17.1. The molecular formula is C16H18N4O3S. The fraction of sp³-hybridized carbons (Fsp3) is 0.375. The van der Waals surface area contributed by atoms with Crippen molar-refractivity contribution in [3.05, 3.63) is 39.8 Å². The van der Waals surface area contributed by atoms with Crippen LogP contribution in [0.3, 0.4) is 0 Å². The van der Waals surface area contributed by atoms with Crippen LogP contribution in [0.2, 0.25) is 0 Å². The van der Waals surface area contributed by atoms with Gasteiger partial charge in [0.25, 0.3) is 0 Å². The standard InChI is InChI=1S/C16H18N4O3S/c1-3-10(4-2)14-18-19-15(24-14)17-13(21)9-20-11-7-5-6-8-12(11)23-16(20)22/h5-8,10H,3-4,9H2,1-2H3,(H,17,19,21). The van der Waals surface area contributed by atoms with E-state index in [0.717, 1.165) is 17.8 Å². The Labute approximate surface area is 142 Å². The number of hydrogen-bond donors (Lipinski definition) is 1. The summed E-state index contributed by atoms with van der Waals surface area (Å²) >= 11 is 1.37. The highest BCUT2D eigenvalue weighted by atomic mass is 32.1. The summed E-state index contributed by atoms with van der Waals surface area (Å²) in [6, 6.07) is 7.00. The monoisotopic (exact) mass is 346 g/mol. The Kier molecular flexibility index (Phi) is 4.75. The number of hydrogen-bond acceptors (Lipinski definition) is 6. The highest BCUT2D eigenvalue weighted by Gasteiger charge is 2.16. The lowest BCUT2D eigenvalue weighted by molar-refractivity contribution is -0.116. The van der Waals surface area contributed by atoms with Gasteiger partial charge in [0, 0.05) is 5.92 Å². The molecule has 0 bridgehead atoms. The van der Waals surface area contributed by atoms with E-state index in [9.17, 15) is 9.59 Å². The topological polar surface area (TPSA) is 90.0 Å². The fourth-order valence-electron chi connectivity index (χ4n) is 2.55. The van der Waals surface area contributed by atoms with Gasteiger partial charge in [-0.05, 0) is 25.0 Å². The Morgan fingerprint density at radius 2 is 2.04 bits per heavy atom. The number of benzene rings is 1. The van der Waals surface area contributed by atoms with Gasteiger partial charge in [-0.2, -0.15) is 0 Å². The van der Waals surface area contributed by atoms with Gasteiger partial charge in [0.1, 0.15) is 11.6 Å². The van der Waals surface area contributed by atoms with Crippen LogP contribution in [-0.4, -0.2) is 20.7 Å². The van der Waals surface area contributed by atoms with Gasteiger partial charge in [-0.15, -0.1) is 10.2 Å². The molecule has 2 heterocycles. The van der Waals surface area contributed by atoms with Crippen molar-refractivity contribution >= 4 is 33.5 Å². The quantitative estimate of drug-likeness (QED) is 0.741. The molecule has 3 aromatic rings. The van der Waals surface area contributed by atoms with Gasteiger partial charge >= 0.3 is 5.76 Å². The van der Waals surface area contributed by atoms with Gasteiger partial charge in [0.2, 0.25) is 11.0 Å². The van der Waals surface area contributed by atoms with Gasteiger partial charge in [0.05, 0.1) is 5.52 Å². The maximum atomic E-state index is 12.2. The number of aromatic nitrogens is 3. The summed E-state index contributed by atoms with van der Waals surface area (Å²) in [7, 11) is 0. The summed E-state index contributed by atoms with van der Waals surface area (Å²) in [5, 5.41) is 12.2. The smallest absolute Gasteiger partial charge is 0.408 e. The van der Waals surface area contributed by atoms with Crippen LogP contribution in [0, 0.1) is 0 Å². The van der Waals surface area contributed by atoms with E-state index in [1.807, 2.05) is 0 Å². The minimum atomic E-state index is -0.554. The summed E-state index contributed by atoms with van der Waals surface area (Å²) in [5.74, 6) is -0.536. The van der Waals surface area contributed by atoms with Crippen LogP contribution in [0.15, 0.2) is 33.5 Å². The third-order valence-electron chi connectivity index (χ3n) is 3.90. The summed E-state index contributed by atoms with van der Waals surface area (Å²) in [6.45, 7) is 4.07. The molecule has 0 aliphatic heterocycles. The first-order chi connectivity index (χ1) is 11.6. The van der Waals surface area contributed by atoms with E-state index in [2.05, 4.69) is 29.4 Å². The van der Waals surface area contributed by atoms with Crippen molar-refractivity contribution in [1.29, 1.82) is 0 Å². The molecule has 0 spiro atoms. The number of para-hydroxylation sites is 2. The van der Waals surface area contributed by atoms with E-state index in [0.29, 0.717) is 22.1 Å². The minimum Gasteiger partial charge on any atom is -0.408 e. The molecule has 126 valence electrons. The average Bonchev–Trinajstić information content (AvgIpc) is 3.14. The summed E-state index contributed by atoms with van der Waals surface area (Å²) < 4.78 is 6.42. The molecule has 0 atom stereocenters. The predicted octanol–water partition coefficient (Wildman–Crippen LogP) is 2.99. The van der Waals surface area contributed by atoms with E-state index < -0.39 is 5.76 Å². The molecule has 0 aliphatic carbocycles. The highest BCUT2D eigenvalue weighted by molar-refractivity contribution is 7.15. The zero-order valence-corrected chi connectivity index (χ0v) is 14.3. The Bertz CT molecular complexity index is 907. The SMILES string of the molecule is CCC(CC)c1nnc(NC(=O)Cn2c(=O)oc3ccccc32)s1. The summed E-state index contributed by atoms with van der Waals surface area (Å²) in [4.78, 5) is 24.1. The second-order valence-corrected chi connectivity index (χ2v) is 6.44. The maximum Gasteiger partial charge on any atom is 0.420 e. The fourth-order valence-corrected chi connectivity index (χ4v) is 3.58. The van der Waals surface area contributed by atoms with Crippen molar-refractivity contribution in [2.24, 2.45) is 0 Å². The van der Waals surface area contributed by atoms with Crippen LogP contribution in [0.1, 0.15) is 37.6 Å². The molecule has 0 radical (unpaired) electrons. The molecule has 8 heteroatoms. The molecule has 0 fully saturated rings. The van der Waals surface area contributed by atoms with Crippen LogP contribution in [0.5, 0.6) is 0 Å². The lowest BCUT2D eigenvalue weighted by atomic mass is 10.1. The first-order valence-corrected chi connectivity index (χ1v) is 8.65. The molecule has 1 amide bonds. The number of nitrogens with zero attached hydrogens (tertiary/aromatic N) is 3. The molecule has 2 aromatic heterocycles. The van der Waals surface area contributed by atoms with Gasteiger partial charge in [-0.3, -0.25) is 14.7 Å². The van der Waals surface area contributed by atoms with Crippen molar-refractivity contribution in [3.63, 3.8) is 0 Å². The molecule has 0 aliphatic rings. The molecule has 0 unspecified atom stereocenters. The number of oxazole rings is 1. The number of fused-ring (bicyclic) bond motifs is 1. The Morgan fingerprint density at radius 1 is 1.29 bits per heavy atom. The highest BCUT2D eigenvalue weighted by Crippen LogP contribution is 2.28. The lowest BCUT2D eigenvalue weighted by Gasteiger charge is -2.05. The van der Waals surface area contributed by atoms with Crippen molar-refractivity contribution in [3.8, 4) is 0 Å². The lowest BCUT2D eigenvalue weighted by Crippen LogP contribution is -2.24. The second kappa shape index (κ2) is 6.96. The third kappa shape index (κ3) is 3.23. The van der Waals surface area contributed by atoms with E-state index in [-0.39, 0.29) is 12.5 Å². The van der Waals surface area contributed by atoms with Gasteiger partial charge < -0.3 is 4.42 Å². The molecule has 24 heavy (non-hydrogen) atoms. The van der Waals surface area contributed by atoms with Crippen LogP contribution >= 0.6 is 11.3 Å².